The summed E-state index contributed by atoms with van der Waals surface area (Å²) in [5.74, 6) is -0.667. The summed E-state index contributed by atoms with van der Waals surface area (Å²) in [5.41, 5.74) is 6.73. The monoisotopic (exact) mass is 545 g/mol. The molecule has 1 aromatic heterocycles. The average molecular weight is 546 g/mol. The molecule has 5 rings (SSSR count). The Morgan fingerprint density at radius 3 is 2.17 bits per heavy atom. The van der Waals surface area contributed by atoms with E-state index < -0.39 is 5.97 Å². The van der Waals surface area contributed by atoms with Gasteiger partial charge < -0.3 is 14.0 Å². The fourth-order valence-corrected chi connectivity index (χ4v) is 4.64. The van der Waals surface area contributed by atoms with Crippen molar-refractivity contribution in [2.75, 3.05) is 5.01 Å². The van der Waals surface area contributed by atoms with Crippen LogP contribution in [0.3, 0.4) is 0 Å². The van der Waals surface area contributed by atoms with Gasteiger partial charge in [0.2, 0.25) is 0 Å². The summed E-state index contributed by atoms with van der Waals surface area (Å²) in [6.45, 7) is 5.66. The number of aryl methyl sites for hydroxylation is 1. The molecule has 0 fully saturated rings. The van der Waals surface area contributed by atoms with Crippen molar-refractivity contribution in [1.29, 1.82) is 0 Å². The molecule has 0 bridgehead atoms. The van der Waals surface area contributed by atoms with Crippen molar-refractivity contribution in [2.45, 2.75) is 26.6 Å². The van der Waals surface area contributed by atoms with Gasteiger partial charge in [0.25, 0.3) is 0 Å². The Morgan fingerprint density at radius 1 is 0.829 bits per heavy atom. The first kappa shape index (κ1) is 27.4. The quantitative estimate of drug-likeness (QED) is 0.0804. The lowest BCUT2D eigenvalue weighted by atomic mass is 10.1. The van der Waals surface area contributed by atoms with Gasteiger partial charge in [0, 0.05) is 41.4 Å². The summed E-state index contributed by atoms with van der Waals surface area (Å²) in [4.78, 5) is 23.1. The molecular weight excluding hydrogens is 514 g/mol. The zero-order valence-electron chi connectivity index (χ0n) is 23.1. The second-order valence-corrected chi connectivity index (χ2v) is 9.57. The Kier molecular flexibility index (Phi) is 8.25. The third-order valence-electron chi connectivity index (χ3n) is 6.83. The van der Waals surface area contributed by atoms with Crippen LogP contribution in [0.15, 0.2) is 109 Å². The Bertz CT molecular complexity index is 1740. The number of anilines is 2. The number of para-hydroxylation sites is 1. The Balaban J connectivity index is 1.46. The lowest BCUT2D eigenvalue weighted by Crippen LogP contribution is -2.09. The number of carbonyl (C=O) groups excluding carboxylic acids is 2. The van der Waals surface area contributed by atoms with Crippen LogP contribution in [0.1, 0.15) is 30.0 Å². The van der Waals surface area contributed by atoms with Crippen LogP contribution < -0.4 is 5.01 Å². The smallest absolute Gasteiger partial charge is 0.330 e. The van der Waals surface area contributed by atoms with Gasteiger partial charge in [-0.2, -0.15) is 5.10 Å². The minimum absolute atomic E-state index is 0.185. The Morgan fingerprint density at radius 2 is 1.46 bits per heavy atom. The predicted molar refractivity (Wildman–Crippen MR) is 163 cm³/mol. The van der Waals surface area contributed by atoms with E-state index in [0.717, 1.165) is 49.9 Å². The van der Waals surface area contributed by atoms with E-state index in [1.165, 1.54) is 6.08 Å². The first-order chi connectivity index (χ1) is 20.0. The number of ether oxygens (including phenoxy) is 2. The molecule has 0 unspecified atom stereocenters. The van der Waals surface area contributed by atoms with Crippen LogP contribution in [0.4, 0.5) is 11.4 Å². The molecule has 7 heteroatoms. The molecule has 4 aromatic carbocycles. The third kappa shape index (κ3) is 6.20. The third-order valence-corrected chi connectivity index (χ3v) is 6.83. The molecule has 1 heterocycles. The fourth-order valence-electron chi connectivity index (χ4n) is 4.64. The van der Waals surface area contributed by atoms with Crippen LogP contribution >= 0.6 is 0 Å². The Hall–Kier alpha value is -5.17. The van der Waals surface area contributed by atoms with Gasteiger partial charge in [0.05, 0.1) is 17.6 Å². The van der Waals surface area contributed by atoms with E-state index in [1.54, 1.807) is 6.92 Å². The summed E-state index contributed by atoms with van der Waals surface area (Å²) in [5, 5.41) is 8.90. The van der Waals surface area contributed by atoms with Gasteiger partial charge in [-0.15, -0.1) is 0 Å². The molecule has 0 amide bonds. The lowest BCUT2D eigenvalue weighted by molar-refractivity contribution is -0.144. The van der Waals surface area contributed by atoms with Crippen LogP contribution in [0.25, 0.3) is 21.8 Å². The lowest BCUT2D eigenvalue weighted by Gasteiger charge is -2.19. The first-order valence-electron chi connectivity index (χ1n) is 13.4. The second-order valence-electron chi connectivity index (χ2n) is 9.57. The summed E-state index contributed by atoms with van der Waals surface area (Å²) in [7, 11) is 2.04. The number of aromatic nitrogens is 1. The highest BCUT2D eigenvalue weighted by Gasteiger charge is 2.12. The van der Waals surface area contributed by atoms with Crippen LogP contribution in [0, 0.1) is 0 Å². The van der Waals surface area contributed by atoms with E-state index >= 15 is 0 Å². The molecule has 0 N–H and O–H groups in total. The Labute approximate surface area is 238 Å². The summed E-state index contributed by atoms with van der Waals surface area (Å²) in [6, 6.07) is 30.1. The number of hydrogen-bond donors (Lipinski definition) is 0. The zero-order chi connectivity index (χ0) is 28.8. The average Bonchev–Trinajstić information content (AvgIpc) is 3.30. The molecule has 41 heavy (non-hydrogen) atoms. The normalized spacial score (nSPS) is 11.2. The van der Waals surface area contributed by atoms with Crippen molar-refractivity contribution < 1.29 is 19.1 Å². The van der Waals surface area contributed by atoms with Gasteiger partial charge >= 0.3 is 11.9 Å². The van der Waals surface area contributed by atoms with E-state index in [2.05, 4.69) is 29.3 Å². The van der Waals surface area contributed by atoms with Crippen molar-refractivity contribution in [3.63, 3.8) is 0 Å². The SMILES string of the molecule is C=CC(=O)OCc1ccc2c(c1)c1cc(C=NN(c3ccccc3)c3ccc(COC(=O)CC)cc3)ccc1n2C. The second kappa shape index (κ2) is 12.3. The van der Waals surface area contributed by atoms with Crippen LogP contribution in [0.2, 0.25) is 0 Å². The molecule has 5 aromatic rings. The number of rotatable bonds is 10. The van der Waals surface area contributed by atoms with Crippen LogP contribution in [-0.4, -0.2) is 22.7 Å². The van der Waals surface area contributed by atoms with Crippen molar-refractivity contribution in [3.05, 3.63) is 120 Å². The minimum Gasteiger partial charge on any atom is -0.461 e. The van der Waals surface area contributed by atoms with E-state index in [-0.39, 0.29) is 19.2 Å². The maximum absolute atomic E-state index is 11.5. The number of benzene rings is 4. The van der Waals surface area contributed by atoms with Crippen molar-refractivity contribution in [3.8, 4) is 0 Å². The summed E-state index contributed by atoms with van der Waals surface area (Å²) in [6.07, 6.45) is 3.36. The van der Waals surface area contributed by atoms with Crippen LogP contribution in [0.5, 0.6) is 0 Å². The van der Waals surface area contributed by atoms with Gasteiger partial charge in [-0.05, 0) is 65.2 Å². The van der Waals surface area contributed by atoms with E-state index in [1.807, 2.05) is 91.1 Å². The topological polar surface area (TPSA) is 73.1 Å². The number of fused-ring (bicyclic) bond motifs is 3. The highest BCUT2D eigenvalue weighted by Crippen LogP contribution is 2.30. The molecule has 7 nitrogen and oxygen atoms in total. The molecule has 0 aliphatic carbocycles. The van der Waals surface area contributed by atoms with Gasteiger partial charge in [0.1, 0.15) is 13.2 Å². The maximum Gasteiger partial charge on any atom is 0.330 e. The van der Waals surface area contributed by atoms with Gasteiger partial charge in [0.15, 0.2) is 0 Å². The zero-order valence-corrected chi connectivity index (χ0v) is 23.1. The number of carbonyl (C=O) groups is 2. The number of esters is 2. The highest BCUT2D eigenvalue weighted by atomic mass is 16.5. The van der Waals surface area contributed by atoms with Gasteiger partial charge in [-0.1, -0.05) is 56.0 Å². The van der Waals surface area contributed by atoms with E-state index in [9.17, 15) is 9.59 Å². The molecular formula is C34H31N3O4. The minimum atomic E-state index is -0.445. The maximum atomic E-state index is 11.5. The molecule has 0 aliphatic rings. The van der Waals surface area contributed by atoms with E-state index in [4.69, 9.17) is 14.6 Å². The highest BCUT2D eigenvalue weighted by molar-refractivity contribution is 6.09. The van der Waals surface area contributed by atoms with Crippen LogP contribution in [-0.2, 0) is 39.3 Å². The standard InChI is InChI=1S/C34H31N3O4/c1-4-33(38)40-22-24-11-15-28(16-12-24)37(27-9-7-6-8-10-27)35-21-25-13-17-31-29(19-25)30-20-26(23-41-34(39)5-2)14-18-32(30)36(31)3/h5-21H,2,4,22-23H2,1,3H3. The molecule has 206 valence electrons. The van der Waals surface area contributed by atoms with Crippen molar-refractivity contribution in [2.24, 2.45) is 12.1 Å². The number of hydrazone groups is 1. The molecule has 0 aliphatic heterocycles. The molecule has 0 radical (unpaired) electrons. The summed E-state index contributed by atoms with van der Waals surface area (Å²) < 4.78 is 12.7. The van der Waals surface area contributed by atoms with Crippen molar-refractivity contribution >= 4 is 51.3 Å². The summed E-state index contributed by atoms with van der Waals surface area (Å²) >= 11 is 0. The fraction of sp³-hybridized carbons (Fsp3) is 0.147. The molecule has 0 spiro atoms. The molecule has 0 atom stereocenters. The predicted octanol–water partition coefficient (Wildman–Crippen LogP) is 7.19. The number of nitrogens with zero attached hydrogens (tertiary/aromatic N) is 3. The molecule has 0 saturated carbocycles. The van der Waals surface area contributed by atoms with Crippen molar-refractivity contribution in [1.82, 2.24) is 4.57 Å². The van der Waals surface area contributed by atoms with Gasteiger partial charge in [-0.3, -0.25) is 4.79 Å². The molecule has 0 saturated heterocycles. The number of hydrogen-bond acceptors (Lipinski definition) is 6. The van der Waals surface area contributed by atoms with Gasteiger partial charge in [-0.25, -0.2) is 9.80 Å². The largest absolute Gasteiger partial charge is 0.461 e. The first-order valence-corrected chi connectivity index (χ1v) is 13.4. The van der Waals surface area contributed by atoms with E-state index in [0.29, 0.717) is 6.42 Å².